The van der Waals surface area contributed by atoms with Crippen molar-refractivity contribution in [2.45, 2.75) is 44.4 Å². The predicted molar refractivity (Wildman–Crippen MR) is 93.3 cm³/mol. The maximum absolute atomic E-state index is 12.6. The van der Waals surface area contributed by atoms with Gasteiger partial charge in [-0.25, -0.2) is 14.5 Å². The van der Waals surface area contributed by atoms with E-state index in [4.69, 9.17) is 4.74 Å². The molecule has 1 atom stereocenters. The fourth-order valence-electron chi connectivity index (χ4n) is 3.60. The van der Waals surface area contributed by atoms with E-state index in [-0.39, 0.29) is 17.7 Å². The molecule has 1 unspecified atom stereocenters. The number of carbonyl (C=O) groups is 1. The number of ether oxygens (including phenoxy) is 1. The van der Waals surface area contributed by atoms with Crippen LogP contribution in [0.1, 0.15) is 31.7 Å². The number of anilines is 1. The van der Waals surface area contributed by atoms with Crippen LogP contribution in [0.25, 0.3) is 0 Å². The summed E-state index contributed by atoms with van der Waals surface area (Å²) >= 11 is 0. The molecule has 2 aliphatic rings. The Labute approximate surface area is 147 Å². The number of hydrogen-bond donors (Lipinski definition) is 1. The molecule has 132 valence electrons. The van der Waals surface area contributed by atoms with Crippen molar-refractivity contribution in [2.75, 3.05) is 18.4 Å². The minimum atomic E-state index is -0.154. The van der Waals surface area contributed by atoms with E-state index in [0.717, 1.165) is 18.4 Å². The Morgan fingerprint density at radius 3 is 2.88 bits per heavy atom. The van der Waals surface area contributed by atoms with Crippen molar-refractivity contribution in [1.82, 2.24) is 19.7 Å². The molecule has 25 heavy (non-hydrogen) atoms. The molecule has 1 aromatic carbocycles. The lowest BCUT2D eigenvalue weighted by Gasteiger charge is -2.50. The Kier molecular flexibility index (Phi) is 4.17. The molecule has 1 spiro atoms. The Morgan fingerprint density at radius 1 is 1.36 bits per heavy atom. The Balaban J connectivity index is 1.38. The average molecular weight is 341 g/mol. The third-order valence-corrected chi connectivity index (χ3v) is 4.90. The van der Waals surface area contributed by atoms with Gasteiger partial charge in [-0.1, -0.05) is 30.3 Å². The molecule has 7 nitrogen and oxygen atoms in total. The molecule has 0 bridgehead atoms. The maximum Gasteiger partial charge on any atom is 0.324 e. The molecule has 1 saturated carbocycles. The lowest BCUT2D eigenvalue weighted by Crippen LogP contribution is -2.60. The van der Waals surface area contributed by atoms with E-state index >= 15 is 0 Å². The van der Waals surface area contributed by atoms with Crippen molar-refractivity contribution in [3.63, 3.8) is 0 Å². The molecule has 2 amide bonds. The van der Waals surface area contributed by atoms with Crippen molar-refractivity contribution in [2.24, 2.45) is 0 Å². The van der Waals surface area contributed by atoms with E-state index in [9.17, 15) is 4.79 Å². The highest BCUT2D eigenvalue weighted by Gasteiger charge is 2.45. The highest BCUT2D eigenvalue weighted by Crippen LogP contribution is 2.39. The Morgan fingerprint density at radius 2 is 2.16 bits per heavy atom. The first kappa shape index (κ1) is 16.1. The van der Waals surface area contributed by atoms with Gasteiger partial charge in [-0.15, -0.1) is 5.10 Å². The summed E-state index contributed by atoms with van der Waals surface area (Å²) in [5, 5.41) is 7.16. The standard InChI is InChI=1S/C18H23N5O2/c1-14-10-22(12-18(25-14)8-5-9-18)17(24)20-16-19-13-23(21-16)11-15-6-3-2-4-7-15/h2-4,6-7,13-14H,5,8-12H2,1H3,(H,20,21,24). The zero-order valence-corrected chi connectivity index (χ0v) is 14.4. The summed E-state index contributed by atoms with van der Waals surface area (Å²) in [7, 11) is 0. The van der Waals surface area contributed by atoms with Crippen LogP contribution in [0.15, 0.2) is 36.7 Å². The molecule has 1 N–H and O–H groups in total. The number of rotatable bonds is 3. The topological polar surface area (TPSA) is 72.3 Å². The van der Waals surface area contributed by atoms with Gasteiger partial charge in [0.15, 0.2) is 0 Å². The van der Waals surface area contributed by atoms with E-state index in [0.29, 0.717) is 25.6 Å². The minimum absolute atomic E-state index is 0.0587. The number of urea groups is 1. The normalized spacial score (nSPS) is 21.8. The summed E-state index contributed by atoms with van der Waals surface area (Å²) in [6, 6.07) is 9.88. The van der Waals surface area contributed by atoms with Crippen LogP contribution in [0.5, 0.6) is 0 Å². The van der Waals surface area contributed by atoms with Gasteiger partial charge in [-0.2, -0.15) is 0 Å². The second kappa shape index (κ2) is 6.48. The van der Waals surface area contributed by atoms with E-state index in [1.54, 1.807) is 11.0 Å². The summed E-state index contributed by atoms with van der Waals surface area (Å²) in [5.41, 5.74) is 1.01. The molecule has 2 heterocycles. The summed E-state index contributed by atoms with van der Waals surface area (Å²) in [6.07, 6.45) is 4.94. The monoisotopic (exact) mass is 341 g/mol. The van der Waals surface area contributed by atoms with Crippen LogP contribution in [0.4, 0.5) is 10.7 Å². The number of hydrogen-bond acceptors (Lipinski definition) is 4. The first-order valence-electron chi connectivity index (χ1n) is 8.79. The summed E-state index contributed by atoms with van der Waals surface area (Å²) in [5.74, 6) is 0.336. The zero-order valence-electron chi connectivity index (χ0n) is 14.4. The van der Waals surface area contributed by atoms with Gasteiger partial charge in [-0.05, 0) is 31.7 Å². The first-order valence-corrected chi connectivity index (χ1v) is 8.79. The number of morpholine rings is 1. The number of aromatic nitrogens is 3. The van der Waals surface area contributed by atoms with Gasteiger partial charge in [0.1, 0.15) is 6.33 Å². The number of amides is 2. The number of benzene rings is 1. The van der Waals surface area contributed by atoms with Gasteiger partial charge < -0.3 is 9.64 Å². The maximum atomic E-state index is 12.6. The molecule has 7 heteroatoms. The molecule has 1 aromatic heterocycles. The van der Waals surface area contributed by atoms with Crippen molar-refractivity contribution < 1.29 is 9.53 Å². The third-order valence-electron chi connectivity index (χ3n) is 4.90. The highest BCUT2D eigenvalue weighted by molar-refractivity contribution is 5.87. The van der Waals surface area contributed by atoms with Gasteiger partial charge >= 0.3 is 6.03 Å². The molecule has 0 radical (unpaired) electrons. The highest BCUT2D eigenvalue weighted by atomic mass is 16.5. The number of nitrogens with zero attached hydrogens (tertiary/aromatic N) is 4. The van der Waals surface area contributed by atoms with Gasteiger partial charge in [-0.3, -0.25) is 5.32 Å². The quantitative estimate of drug-likeness (QED) is 0.931. The van der Waals surface area contributed by atoms with E-state index < -0.39 is 0 Å². The molecular weight excluding hydrogens is 318 g/mol. The number of nitrogens with one attached hydrogen (secondary N) is 1. The molecular formula is C18H23N5O2. The number of carbonyl (C=O) groups excluding carboxylic acids is 1. The van der Waals surface area contributed by atoms with Crippen molar-refractivity contribution in [1.29, 1.82) is 0 Å². The largest absolute Gasteiger partial charge is 0.368 e. The van der Waals surface area contributed by atoms with Gasteiger partial charge in [0.25, 0.3) is 0 Å². The van der Waals surface area contributed by atoms with E-state index in [1.165, 1.54) is 6.42 Å². The van der Waals surface area contributed by atoms with E-state index in [1.807, 2.05) is 42.2 Å². The van der Waals surface area contributed by atoms with Crippen LogP contribution in [0, 0.1) is 0 Å². The predicted octanol–water partition coefficient (Wildman–Crippen LogP) is 2.50. The molecule has 1 saturated heterocycles. The molecule has 2 aromatic rings. The smallest absolute Gasteiger partial charge is 0.324 e. The van der Waals surface area contributed by atoms with Crippen molar-refractivity contribution in [3.8, 4) is 0 Å². The summed E-state index contributed by atoms with van der Waals surface area (Å²) < 4.78 is 7.78. The van der Waals surface area contributed by atoms with Crippen LogP contribution in [-0.2, 0) is 11.3 Å². The molecule has 1 aliphatic heterocycles. The Hall–Kier alpha value is -2.41. The SMILES string of the molecule is CC1CN(C(=O)Nc2ncn(Cc3ccccc3)n2)CC2(CCC2)O1. The summed E-state index contributed by atoms with van der Waals surface area (Å²) in [4.78, 5) is 18.6. The van der Waals surface area contributed by atoms with Crippen molar-refractivity contribution >= 4 is 12.0 Å². The second-order valence-corrected chi connectivity index (χ2v) is 7.03. The second-order valence-electron chi connectivity index (χ2n) is 7.03. The fraction of sp³-hybridized carbons (Fsp3) is 0.500. The lowest BCUT2D eigenvalue weighted by atomic mass is 9.78. The van der Waals surface area contributed by atoms with Crippen LogP contribution in [0.3, 0.4) is 0 Å². The first-order chi connectivity index (χ1) is 12.1. The van der Waals surface area contributed by atoms with Gasteiger partial charge in [0.2, 0.25) is 5.95 Å². The van der Waals surface area contributed by atoms with Crippen LogP contribution >= 0.6 is 0 Å². The van der Waals surface area contributed by atoms with Crippen LogP contribution in [-0.4, -0.2) is 50.5 Å². The van der Waals surface area contributed by atoms with E-state index in [2.05, 4.69) is 15.4 Å². The van der Waals surface area contributed by atoms with Gasteiger partial charge in [0, 0.05) is 6.54 Å². The van der Waals surface area contributed by atoms with Crippen molar-refractivity contribution in [3.05, 3.63) is 42.2 Å². The zero-order chi connectivity index (χ0) is 17.3. The van der Waals surface area contributed by atoms with Gasteiger partial charge in [0.05, 0.1) is 24.8 Å². The van der Waals surface area contributed by atoms with Crippen LogP contribution < -0.4 is 5.32 Å². The lowest BCUT2D eigenvalue weighted by molar-refractivity contribution is -0.174. The molecule has 2 fully saturated rings. The fourth-order valence-corrected chi connectivity index (χ4v) is 3.60. The van der Waals surface area contributed by atoms with Crippen LogP contribution in [0.2, 0.25) is 0 Å². The average Bonchev–Trinajstić information content (AvgIpc) is 3.00. The Bertz CT molecular complexity index is 741. The summed E-state index contributed by atoms with van der Waals surface area (Å²) in [6.45, 7) is 3.89. The molecule has 4 rings (SSSR count). The molecule has 1 aliphatic carbocycles. The minimum Gasteiger partial charge on any atom is -0.368 e. The third kappa shape index (κ3) is 3.51.